The van der Waals surface area contributed by atoms with Gasteiger partial charge in [0.2, 0.25) is 0 Å². The molecule has 0 aliphatic carbocycles. The number of halogens is 1. The molecule has 8 heteroatoms. The molecule has 3 heterocycles. The van der Waals surface area contributed by atoms with Crippen LogP contribution in [0.3, 0.4) is 0 Å². The lowest BCUT2D eigenvalue weighted by Gasteiger charge is -2.03. The van der Waals surface area contributed by atoms with Crippen LogP contribution in [0.15, 0.2) is 48.9 Å². The number of H-pyrrole nitrogens is 2. The van der Waals surface area contributed by atoms with E-state index >= 15 is 0 Å². The van der Waals surface area contributed by atoms with Crippen molar-refractivity contribution in [1.29, 1.82) is 0 Å². The number of aromatic amines is 2. The highest BCUT2D eigenvalue weighted by atomic mass is 19.1. The van der Waals surface area contributed by atoms with Gasteiger partial charge in [-0.15, -0.1) is 0 Å². The molecular formula is C17H13FN6O. The van der Waals surface area contributed by atoms with Gasteiger partial charge in [0.25, 0.3) is 0 Å². The molecule has 0 aliphatic rings. The number of nitrogens with two attached hydrogens (primary N) is 1. The Balaban J connectivity index is 1.89. The normalized spacial score (nSPS) is 10.9. The molecule has 4 aromatic rings. The van der Waals surface area contributed by atoms with Gasteiger partial charge >= 0.3 is 0 Å². The van der Waals surface area contributed by atoms with Crippen molar-refractivity contribution in [2.24, 2.45) is 0 Å². The highest BCUT2D eigenvalue weighted by molar-refractivity contribution is 5.81. The number of pyridine rings is 1. The van der Waals surface area contributed by atoms with Crippen LogP contribution in [-0.2, 0) is 0 Å². The molecule has 0 saturated carbocycles. The Morgan fingerprint density at radius 1 is 1.04 bits per heavy atom. The predicted octanol–water partition coefficient (Wildman–Crippen LogP) is 2.96. The molecule has 0 aliphatic heterocycles. The fourth-order valence-electron chi connectivity index (χ4n) is 2.52. The highest BCUT2D eigenvalue weighted by Gasteiger charge is 2.17. The first kappa shape index (κ1) is 14.9. The van der Waals surface area contributed by atoms with Crippen LogP contribution in [0, 0.1) is 5.82 Å². The lowest BCUT2D eigenvalue weighted by Crippen LogP contribution is -1.91. The van der Waals surface area contributed by atoms with Crippen molar-refractivity contribution in [1.82, 2.24) is 25.1 Å². The van der Waals surface area contributed by atoms with E-state index in [-0.39, 0.29) is 17.4 Å². The van der Waals surface area contributed by atoms with E-state index in [0.29, 0.717) is 22.8 Å². The third-order valence-corrected chi connectivity index (χ3v) is 3.78. The molecule has 1 aromatic carbocycles. The van der Waals surface area contributed by atoms with E-state index in [9.17, 15) is 9.50 Å². The SMILES string of the molecule is Nc1ncc(-c2[nH]c(-c3ccc(F)cc3)nc2-c2cn[nH]c2)cc1O. The maximum Gasteiger partial charge on any atom is 0.165 e. The number of imidazole rings is 1. The van der Waals surface area contributed by atoms with Crippen LogP contribution in [0.1, 0.15) is 0 Å². The summed E-state index contributed by atoms with van der Waals surface area (Å²) in [6.45, 7) is 0. The van der Waals surface area contributed by atoms with Gasteiger partial charge in [-0.2, -0.15) is 5.10 Å². The maximum absolute atomic E-state index is 13.2. The van der Waals surface area contributed by atoms with Crippen LogP contribution in [-0.4, -0.2) is 30.3 Å². The Kier molecular flexibility index (Phi) is 3.42. The number of anilines is 1. The fraction of sp³-hybridized carbons (Fsp3) is 0. The summed E-state index contributed by atoms with van der Waals surface area (Å²) in [7, 11) is 0. The number of benzene rings is 1. The van der Waals surface area contributed by atoms with Crippen molar-refractivity contribution in [3.05, 3.63) is 54.7 Å². The first-order valence-electron chi connectivity index (χ1n) is 7.42. The van der Waals surface area contributed by atoms with Crippen molar-refractivity contribution in [2.45, 2.75) is 0 Å². The van der Waals surface area contributed by atoms with Gasteiger partial charge in [0.1, 0.15) is 11.6 Å². The van der Waals surface area contributed by atoms with Gasteiger partial charge in [-0.3, -0.25) is 5.10 Å². The number of nitrogens with zero attached hydrogens (tertiary/aromatic N) is 3. The van der Waals surface area contributed by atoms with Crippen LogP contribution >= 0.6 is 0 Å². The molecule has 25 heavy (non-hydrogen) atoms. The first-order valence-corrected chi connectivity index (χ1v) is 7.42. The molecule has 0 bridgehead atoms. The standard InChI is InChI=1S/C17H13FN6O/c18-12-3-1-9(2-4-12)17-23-14(10-5-13(25)16(19)20-6-10)15(24-17)11-7-21-22-8-11/h1-8,25H,(H2,19,20)(H,21,22)(H,23,24). The van der Waals surface area contributed by atoms with Crippen LogP contribution in [0.4, 0.5) is 10.2 Å². The highest BCUT2D eigenvalue weighted by Crippen LogP contribution is 2.34. The van der Waals surface area contributed by atoms with E-state index in [2.05, 4.69) is 25.1 Å². The molecule has 0 radical (unpaired) electrons. The Labute approximate surface area is 141 Å². The van der Waals surface area contributed by atoms with Crippen molar-refractivity contribution < 1.29 is 9.50 Å². The molecule has 0 unspecified atom stereocenters. The Morgan fingerprint density at radius 2 is 1.84 bits per heavy atom. The van der Waals surface area contributed by atoms with Crippen molar-refractivity contribution in [3.63, 3.8) is 0 Å². The van der Waals surface area contributed by atoms with E-state index in [1.54, 1.807) is 30.7 Å². The number of nitrogen functional groups attached to an aromatic ring is 1. The van der Waals surface area contributed by atoms with Crippen LogP contribution < -0.4 is 5.73 Å². The molecule has 0 spiro atoms. The second kappa shape index (κ2) is 5.75. The molecule has 5 N–H and O–H groups in total. The van der Waals surface area contributed by atoms with E-state index in [1.807, 2.05) is 0 Å². The van der Waals surface area contributed by atoms with Crippen LogP contribution in [0.5, 0.6) is 5.75 Å². The molecule has 7 nitrogen and oxygen atoms in total. The Bertz CT molecular complexity index is 1020. The molecule has 0 fully saturated rings. The van der Waals surface area contributed by atoms with Gasteiger partial charge in [-0.05, 0) is 30.3 Å². The number of aromatic nitrogens is 5. The zero-order chi connectivity index (χ0) is 17.4. The number of hydrogen-bond donors (Lipinski definition) is 4. The topological polar surface area (TPSA) is 117 Å². The lowest BCUT2D eigenvalue weighted by molar-refractivity contribution is 0.476. The molecule has 124 valence electrons. The van der Waals surface area contributed by atoms with E-state index in [1.165, 1.54) is 18.2 Å². The third-order valence-electron chi connectivity index (χ3n) is 3.78. The van der Waals surface area contributed by atoms with Crippen LogP contribution in [0.2, 0.25) is 0 Å². The molecule has 0 amide bonds. The fourth-order valence-corrected chi connectivity index (χ4v) is 2.52. The van der Waals surface area contributed by atoms with Gasteiger partial charge in [0.05, 0.1) is 17.6 Å². The zero-order valence-corrected chi connectivity index (χ0v) is 12.9. The number of aromatic hydroxyl groups is 1. The summed E-state index contributed by atoms with van der Waals surface area (Å²) in [4.78, 5) is 11.8. The van der Waals surface area contributed by atoms with Gasteiger partial charge < -0.3 is 15.8 Å². The van der Waals surface area contributed by atoms with Gasteiger partial charge in [0.15, 0.2) is 11.6 Å². The smallest absolute Gasteiger partial charge is 0.165 e. The largest absolute Gasteiger partial charge is 0.504 e. The molecule has 0 atom stereocenters. The third kappa shape index (κ3) is 2.69. The number of rotatable bonds is 3. The summed E-state index contributed by atoms with van der Waals surface area (Å²) in [6.07, 6.45) is 4.89. The van der Waals surface area contributed by atoms with Gasteiger partial charge in [0, 0.05) is 29.1 Å². The quantitative estimate of drug-likeness (QED) is 0.459. The molecule has 3 aromatic heterocycles. The number of nitrogens with one attached hydrogen (secondary N) is 2. The van der Waals surface area contributed by atoms with E-state index in [4.69, 9.17) is 5.73 Å². The molecule has 4 rings (SSSR count). The van der Waals surface area contributed by atoms with E-state index in [0.717, 1.165) is 11.1 Å². The van der Waals surface area contributed by atoms with Gasteiger partial charge in [-0.1, -0.05) is 0 Å². The minimum atomic E-state index is -0.321. The zero-order valence-electron chi connectivity index (χ0n) is 12.9. The summed E-state index contributed by atoms with van der Waals surface area (Å²) < 4.78 is 13.2. The van der Waals surface area contributed by atoms with Crippen molar-refractivity contribution in [2.75, 3.05) is 5.73 Å². The summed E-state index contributed by atoms with van der Waals surface area (Å²) in [6, 6.07) is 7.51. The van der Waals surface area contributed by atoms with Gasteiger partial charge in [-0.25, -0.2) is 14.4 Å². The average Bonchev–Trinajstić information content (AvgIpc) is 3.27. The second-order valence-corrected chi connectivity index (χ2v) is 5.43. The predicted molar refractivity (Wildman–Crippen MR) is 90.9 cm³/mol. The average molecular weight is 336 g/mol. The second-order valence-electron chi connectivity index (χ2n) is 5.43. The monoisotopic (exact) mass is 336 g/mol. The first-order chi connectivity index (χ1) is 12.1. The molecular weight excluding hydrogens is 323 g/mol. The minimum absolute atomic E-state index is 0.0480. The van der Waals surface area contributed by atoms with Crippen molar-refractivity contribution >= 4 is 5.82 Å². The number of hydrogen-bond acceptors (Lipinski definition) is 5. The summed E-state index contributed by atoms with van der Waals surface area (Å²) in [5.41, 5.74) is 8.94. The Hall–Kier alpha value is -3.68. The van der Waals surface area contributed by atoms with Crippen LogP contribution in [0.25, 0.3) is 33.9 Å². The minimum Gasteiger partial charge on any atom is -0.504 e. The van der Waals surface area contributed by atoms with Crippen molar-refractivity contribution in [3.8, 4) is 39.7 Å². The maximum atomic E-state index is 13.2. The lowest BCUT2D eigenvalue weighted by atomic mass is 10.1. The summed E-state index contributed by atoms with van der Waals surface area (Å²) in [5, 5.41) is 16.5. The molecule has 0 saturated heterocycles. The van der Waals surface area contributed by atoms with E-state index < -0.39 is 0 Å². The summed E-state index contributed by atoms with van der Waals surface area (Å²) >= 11 is 0. The summed E-state index contributed by atoms with van der Waals surface area (Å²) in [5.74, 6) is 0.168. The Morgan fingerprint density at radius 3 is 2.52 bits per heavy atom.